The predicted molar refractivity (Wildman–Crippen MR) is 82.7 cm³/mol. The summed E-state index contributed by atoms with van der Waals surface area (Å²) in [6.07, 6.45) is 2.23. The molecule has 0 radical (unpaired) electrons. The lowest BCUT2D eigenvalue weighted by Gasteiger charge is -2.25. The van der Waals surface area contributed by atoms with Crippen molar-refractivity contribution in [2.45, 2.75) is 32.3 Å². The Morgan fingerprint density at radius 2 is 2.05 bits per heavy atom. The fraction of sp³-hybridized carbons (Fsp3) is 0.529. The number of amides is 1. The number of carbonyl (C=O) groups excluding carboxylic acids is 2. The third-order valence-corrected chi connectivity index (χ3v) is 3.85. The van der Waals surface area contributed by atoms with Crippen LogP contribution in [-0.4, -0.2) is 49.7 Å². The second-order valence-electron chi connectivity index (χ2n) is 5.58. The maximum Gasteiger partial charge on any atom is 0.307 e. The van der Waals surface area contributed by atoms with Gasteiger partial charge in [-0.1, -0.05) is 17.7 Å². The SMILES string of the molecule is COC(=O)CCN(CC1CCCO1)C(=O)c1ccc(C)cc1. The molecule has 0 spiro atoms. The maximum absolute atomic E-state index is 12.7. The zero-order valence-electron chi connectivity index (χ0n) is 13.2. The van der Waals surface area contributed by atoms with E-state index < -0.39 is 0 Å². The number of esters is 1. The summed E-state index contributed by atoms with van der Waals surface area (Å²) >= 11 is 0. The van der Waals surface area contributed by atoms with Crippen LogP contribution >= 0.6 is 0 Å². The summed E-state index contributed by atoms with van der Waals surface area (Å²) in [5.74, 6) is -0.381. The smallest absolute Gasteiger partial charge is 0.307 e. The zero-order valence-corrected chi connectivity index (χ0v) is 13.2. The summed E-state index contributed by atoms with van der Waals surface area (Å²) in [6, 6.07) is 7.46. The van der Waals surface area contributed by atoms with Crippen molar-refractivity contribution in [1.82, 2.24) is 4.90 Å². The number of nitrogens with zero attached hydrogens (tertiary/aromatic N) is 1. The molecule has 0 aromatic heterocycles. The van der Waals surface area contributed by atoms with Crippen LogP contribution in [0.25, 0.3) is 0 Å². The number of benzene rings is 1. The topological polar surface area (TPSA) is 55.8 Å². The molecule has 120 valence electrons. The highest BCUT2D eigenvalue weighted by Gasteiger charge is 2.24. The predicted octanol–water partition coefficient (Wildman–Crippen LogP) is 2.18. The highest BCUT2D eigenvalue weighted by molar-refractivity contribution is 5.94. The largest absolute Gasteiger partial charge is 0.469 e. The third kappa shape index (κ3) is 4.56. The number of carbonyl (C=O) groups is 2. The number of rotatable bonds is 6. The van der Waals surface area contributed by atoms with Crippen LogP contribution in [0.1, 0.15) is 35.2 Å². The van der Waals surface area contributed by atoms with Gasteiger partial charge in [0.05, 0.1) is 19.6 Å². The van der Waals surface area contributed by atoms with E-state index in [1.807, 2.05) is 31.2 Å². The Balaban J connectivity index is 2.05. The first-order valence-corrected chi connectivity index (χ1v) is 7.64. The van der Waals surface area contributed by atoms with E-state index >= 15 is 0 Å². The lowest BCUT2D eigenvalue weighted by molar-refractivity contribution is -0.140. The van der Waals surface area contributed by atoms with Crippen molar-refractivity contribution in [2.24, 2.45) is 0 Å². The minimum absolute atomic E-state index is 0.0621. The van der Waals surface area contributed by atoms with Gasteiger partial charge in [-0.3, -0.25) is 9.59 Å². The highest BCUT2D eigenvalue weighted by atomic mass is 16.5. The van der Waals surface area contributed by atoms with Gasteiger partial charge in [-0.2, -0.15) is 0 Å². The first kappa shape index (κ1) is 16.5. The number of hydrogen-bond donors (Lipinski definition) is 0. The van der Waals surface area contributed by atoms with Crippen LogP contribution in [0.3, 0.4) is 0 Å². The van der Waals surface area contributed by atoms with Gasteiger partial charge in [0.25, 0.3) is 5.91 Å². The second-order valence-corrected chi connectivity index (χ2v) is 5.58. The minimum Gasteiger partial charge on any atom is -0.469 e. The summed E-state index contributed by atoms with van der Waals surface area (Å²) in [5, 5.41) is 0. The van der Waals surface area contributed by atoms with Crippen LogP contribution in [0.5, 0.6) is 0 Å². The van der Waals surface area contributed by atoms with E-state index in [4.69, 9.17) is 4.74 Å². The molecule has 1 unspecified atom stereocenters. The van der Waals surface area contributed by atoms with Crippen molar-refractivity contribution >= 4 is 11.9 Å². The van der Waals surface area contributed by atoms with Gasteiger partial charge in [0.1, 0.15) is 0 Å². The van der Waals surface area contributed by atoms with E-state index in [-0.39, 0.29) is 24.4 Å². The van der Waals surface area contributed by atoms with Crippen LogP contribution in [0.2, 0.25) is 0 Å². The van der Waals surface area contributed by atoms with Crippen LogP contribution in [-0.2, 0) is 14.3 Å². The lowest BCUT2D eigenvalue weighted by atomic mass is 10.1. The van der Waals surface area contributed by atoms with E-state index in [0.29, 0.717) is 18.7 Å². The van der Waals surface area contributed by atoms with Gasteiger partial charge in [0.15, 0.2) is 0 Å². The van der Waals surface area contributed by atoms with Crippen molar-refractivity contribution in [2.75, 3.05) is 26.8 Å². The molecule has 0 bridgehead atoms. The van der Waals surface area contributed by atoms with E-state index in [1.165, 1.54) is 7.11 Å². The molecule has 1 heterocycles. The normalized spacial score (nSPS) is 17.3. The number of ether oxygens (including phenoxy) is 2. The van der Waals surface area contributed by atoms with Crippen molar-refractivity contribution < 1.29 is 19.1 Å². The molecule has 1 aliphatic heterocycles. The molecule has 0 aliphatic carbocycles. The summed E-state index contributed by atoms with van der Waals surface area (Å²) in [6.45, 7) is 3.59. The Morgan fingerprint density at radius 1 is 1.32 bits per heavy atom. The maximum atomic E-state index is 12.7. The molecule has 1 aliphatic rings. The molecule has 0 saturated carbocycles. The highest BCUT2D eigenvalue weighted by Crippen LogP contribution is 2.16. The number of methoxy groups -OCH3 is 1. The summed E-state index contributed by atoms with van der Waals surface area (Å²) < 4.78 is 10.3. The standard InChI is InChI=1S/C17H23NO4/c1-13-5-7-14(8-6-13)17(20)18(10-9-16(19)21-2)12-15-4-3-11-22-15/h5-8,15H,3-4,9-12H2,1-2H3. The third-order valence-electron chi connectivity index (χ3n) is 3.85. The average molecular weight is 305 g/mol. The van der Waals surface area contributed by atoms with Crippen molar-refractivity contribution in [1.29, 1.82) is 0 Å². The fourth-order valence-corrected chi connectivity index (χ4v) is 2.52. The molecule has 1 aromatic rings. The van der Waals surface area contributed by atoms with Gasteiger partial charge < -0.3 is 14.4 Å². The second kappa shape index (κ2) is 7.94. The Labute approximate surface area is 131 Å². The molecule has 0 N–H and O–H groups in total. The summed E-state index contributed by atoms with van der Waals surface area (Å²) in [4.78, 5) is 25.7. The Morgan fingerprint density at radius 3 is 2.64 bits per heavy atom. The quantitative estimate of drug-likeness (QED) is 0.756. The van der Waals surface area contributed by atoms with E-state index in [0.717, 1.165) is 25.0 Å². The Hall–Kier alpha value is -1.88. The number of aryl methyl sites for hydroxylation is 1. The van der Waals surface area contributed by atoms with Crippen molar-refractivity contribution in [3.63, 3.8) is 0 Å². The van der Waals surface area contributed by atoms with Crippen LogP contribution in [0, 0.1) is 6.92 Å². The van der Waals surface area contributed by atoms with Gasteiger partial charge in [0.2, 0.25) is 0 Å². The van der Waals surface area contributed by atoms with Gasteiger partial charge in [-0.25, -0.2) is 0 Å². The van der Waals surface area contributed by atoms with Gasteiger partial charge >= 0.3 is 5.97 Å². The van der Waals surface area contributed by atoms with Crippen LogP contribution in [0.15, 0.2) is 24.3 Å². The molecule has 5 nitrogen and oxygen atoms in total. The molecule has 1 atom stereocenters. The summed E-state index contributed by atoms with van der Waals surface area (Å²) in [7, 11) is 1.36. The molecular formula is C17H23NO4. The molecule has 22 heavy (non-hydrogen) atoms. The Kier molecular flexibility index (Phi) is 5.95. The summed E-state index contributed by atoms with van der Waals surface area (Å²) in [5.41, 5.74) is 1.74. The fourth-order valence-electron chi connectivity index (χ4n) is 2.52. The monoisotopic (exact) mass is 305 g/mol. The Bertz CT molecular complexity index is 506. The molecule has 1 amide bonds. The lowest BCUT2D eigenvalue weighted by Crippen LogP contribution is -2.38. The van der Waals surface area contributed by atoms with Gasteiger partial charge in [-0.15, -0.1) is 0 Å². The molecule has 5 heteroatoms. The molecular weight excluding hydrogens is 282 g/mol. The molecule has 2 rings (SSSR count). The minimum atomic E-state index is -0.311. The van der Waals surface area contributed by atoms with E-state index in [1.54, 1.807) is 4.90 Å². The zero-order chi connectivity index (χ0) is 15.9. The van der Waals surface area contributed by atoms with Crippen molar-refractivity contribution in [3.05, 3.63) is 35.4 Å². The van der Waals surface area contributed by atoms with Crippen LogP contribution < -0.4 is 0 Å². The number of hydrogen-bond acceptors (Lipinski definition) is 4. The van der Waals surface area contributed by atoms with Crippen molar-refractivity contribution in [3.8, 4) is 0 Å². The van der Waals surface area contributed by atoms with Gasteiger partial charge in [0, 0.05) is 25.3 Å². The molecule has 1 fully saturated rings. The van der Waals surface area contributed by atoms with E-state index in [9.17, 15) is 9.59 Å². The molecule has 1 aromatic carbocycles. The first-order chi connectivity index (χ1) is 10.6. The van der Waals surface area contributed by atoms with Gasteiger partial charge in [-0.05, 0) is 31.9 Å². The average Bonchev–Trinajstić information content (AvgIpc) is 3.04. The first-order valence-electron chi connectivity index (χ1n) is 7.64. The van der Waals surface area contributed by atoms with Crippen LogP contribution in [0.4, 0.5) is 0 Å². The molecule has 1 saturated heterocycles. The van der Waals surface area contributed by atoms with E-state index in [2.05, 4.69) is 4.74 Å².